The quantitative estimate of drug-likeness (QED) is 0.696. The lowest BCUT2D eigenvalue weighted by Crippen LogP contribution is -2.21. The fraction of sp³-hybridized carbons (Fsp3) is 0.167. The molecule has 22 heavy (non-hydrogen) atoms. The Kier molecular flexibility index (Phi) is 3.67. The van der Waals surface area contributed by atoms with E-state index in [9.17, 15) is 4.79 Å². The van der Waals surface area contributed by atoms with Crippen LogP contribution in [0.4, 0.5) is 0 Å². The smallest absolute Gasteiger partial charge is 0.253 e. The highest BCUT2D eigenvalue weighted by atomic mass is 35.5. The average Bonchev–Trinajstić information content (AvgIpc) is 2.83. The third-order valence-corrected chi connectivity index (χ3v) is 4.07. The first-order valence-corrected chi connectivity index (χ1v) is 7.42. The molecular weight excluding hydrogens is 296 g/mol. The van der Waals surface area contributed by atoms with Crippen LogP contribution in [0.5, 0.6) is 0 Å². The third kappa shape index (κ3) is 2.48. The van der Waals surface area contributed by atoms with Crippen LogP contribution in [0, 0.1) is 0 Å². The van der Waals surface area contributed by atoms with E-state index in [1.807, 2.05) is 49.5 Å². The van der Waals surface area contributed by atoms with E-state index in [2.05, 4.69) is 10.6 Å². The fourth-order valence-corrected chi connectivity index (χ4v) is 2.82. The van der Waals surface area contributed by atoms with Crippen LogP contribution in [0.2, 0.25) is 5.02 Å². The first-order chi connectivity index (χ1) is 10.5. The number of carbonyl (C=O) groups is 1. The molecule has 0 radical (unpaired) electrons. The molecule has 1 aromatic heterocycles. The van der Waals surface area contributed by atoms with Crippen LogP contribution >= 0.6 is 11.6 Å². The Labute approximate surface area is 134 Å². The monoisotopic (exact) mass is 312 g/mol. The number of aromatic nitrogens is 1. The molecule has 1 heterocycles. The number of nitrogens with zero attached hydrogens (tertiary/aromatic N) is 2. The predicted molar refractivity (Wildman–Crippen MR) is 91.4 cm³/mol. The molecule has 4 heteroatoms. The van der Waals surface area contributed by atoms with Crippen molar-refractivity contribution in [3.05, 3.63) is 59.1 Å². The minimum absolute atomic E-state index is 0.00961. The van der Waals surface area contributed by atoms with Crippen LogP contribution in [0.25, 0.3) is 22.2 Å². The summed E-state index contributed by atoms with van der Waals surface area (Å²) in [5.41, 5.74) is 4.00. The van der Waals surface area contributed by atoms with Crippen molar-refractivity contribution in [1.29, 1.82) is 0 Å². The van der Waals surface area contributed by atoms with Crippen LogP contribution in [0.3, 0.4) is 0 Å². The van der Waals surface area contributed by atoms with Gasteiger partial charge in [-0.05, 0) is 42.0 Å². The molecule has 3 rings (SSSR count). The summed E-state index contributed by atoms with van der Waals surface area (Å²) in [5, 5.41) is 1.84. The van der Waals surface area contributed by atoms with Crippen molar-refractivity contribution in [2.24, 2.45) is 7.05 Å². The second kappa shape index (κ2) is 5.50. The molecule has 0 aliphatic heterocycles. The Hall–Kier alpha value is -2.26. The maximum atomic E-state index is 11.9. The van der Waals surface area contributed by atoms with E-state index < -0.39 is 0 Å². The molecule has 0 unspecified atom stereocenters. The van der Waals surface area contributed by atoms with Gasteiger partial charge in [0.1, 0.15) is 0 Å². The SMILES string of the molecule is CN(C)C(=O)c1ccc(-c2cc3cc(Cl)ccc3n2C)cc1. The van der Waals surface area contributed by atoms with E-state index in [0.29, 0.717) is 5.56 Å². The zero-order valence-corrected chi connectivity index (χ0v) is 13.6. The Morgan fingerprint density at radius 1 is 1.05 bits per heavy atom. The zero-order valence-electron chi connectivity index (χ0n) is 12.8. The second-order valence-electron chi connectivity index (χ2n) is 5.57. The molecule has 0 aliphatic carbocycles. The first kappa shape index (κ1) is 14.7. The number of carbonyl (C=O) groups excluding carboxylic acids is 1. The van der Waals surface area contributed by atoms with Gasteiger partial charge in [0.2, 0.25) is 0 Å². The van der Waals surface area contributed by atoms with Crippen molar-refractivity contribution in [3.63, 3.8) is 0 Å². The lowest BCUT2D eigenvalue weighted by molar-refractivity contribution is 0.0827. The van der Waals surface area contributed by atoms with E-state index >= 15 is 0 Å². The van der Waals surface area contributed by atoms with Gasteiger partial charge in [-0.3, -0.25) is 4.79 Å². The normalized spacial score (nSPS) is 10.9. The van der Waals surface area contributed by atoms with Crippen LogP contribution in [-0.4, -0.2) is 29.5 Å². The van der Waals surface area contributed by atoms with Crippen molar-refractivity contribution in [2.75, 3.05) is 14.1 Å². The van der Waals surface area contributed by atoms with Gasteiger partial charge in [0.25, 0.3) is 5.91 Å². The molecule has 2 aromatic carbocycles. The summed E-state index contributed by atoms with van der Waals surface area (Å²) in [5.74, 6) is 0.00961. The van der Waals surface area contributed by atoms with E-state index in [-0.39, 0.29) is 5.91 Å². The van der Waals surface area contributed by atoms with Crippen LogP contribution in [-0.2, 0) is 7.05 Å². The minimum atomic E-state index is 0.00961. The van der Waals surface area contributed by atoms with Crippen molar-refractivity contribution in [1.82, 2.24) is 9.47 Å². The van der Waals surface area contributed by atoms with Crippen molar-refractivity contribution in [3.8, 4) is 11.3 Å². The predicted octanol–water partition coefficient (Wildman–Crippen LogP) is 4.20. The molecule has 3 aromatic rings. The van der Waals surface area contributed by atoms with Crippen molar-refractivity contribution >= 4 is 28.4 Å². The van der Waals surface area contributed by atoms with Gasteiger partial charge in [0, 0.05) is 48.3 Å². The highest BCUT2D eigenvalue weighted by Crippen LogP contribution is 2.29. The molecule has 1 amide bonds. The molecule has 0 bridgehead atoms. The van der Waals surface area contributed by atoms with Crippen LogP contribution in [0.1, 0.15) is 10.4 Å². The van der Waals surface area contributed by atoms with Gasteiger partial charge >= 0.3 is 0 Å². The van der Waals surface area contributed by atoms with Gasteiger partial charge in [-0.15, -0.1) is 0 Å². The van der Waals surface area contributed by atoms with Gasteiger partial charge in [-0.25, -0.2) is 0 Å². The molecule has 0 saturated carbocycles. The maximum Gasteiger partial charge on any atom is 0.253 e. The molecular formula is C18H17ClN2O. The Morgan fingerprint density at radius 2 is 1.73 bits per heavy atom. The Balaban J connectivity index is 2.04. The molecule has 112 valence electrons. The highest BCUT2D eigenvalue weighted by Gasteiger charge is 2.11. The van der Waals surface area contributed by atoms with Crippen molar-refractivity contribution in [2.45, 2.75) is 0 Å². The lowest BCUT2D eigenvalue weighted by atomic mass is 10.1. The number of amides is 1. The molecule has 0 aliphatic rings. The molecule has 0 spiro atoms. The number of benzene rings is 2. The Bertz CT molecular complexity index is 847. The van der Waals surface area contributed by atoms with E-state index in [1.54, 1.807) is 19.0 Å². The largest absolute Gasteiger partial charge is 0.345 e. The fourth-order valence-electron chi connectivity index (χ4n) is 2.64. The molecule has 0 N–H and O–H groups in total. The highest BCUT2D eigenvalue weighted by molar-refractivity contribution is 6.31. The molecule has 0 fully saturated rings. The summed E-state index contributed by atoms with van der Waals surface area (Å²) >= 11 is 6.06. The summed E-state index contributed by atoms with van der Waals surface area (Å²) in [6, 6.07) is 15.7. The van der Waals surface area contributed by atoms with E-state index in [0.717, 1.165) is 27.2 Å². The second-order valence-corrected chi connectivity index (χ2v) is 6.01. The van der Waals surface area contributed by atoms with Gasteiger partial charge in [0.05, 0.1) is 0 Å². The number of aryl methyl sites for hydroxylation is 1. The molecule has 0 saturated heterocycles. The summed E-state index contributed by atoms with van der Waals surface area (Å²) in [6.45, 7) is 0. The number of fused-ring (bicyclic) bond motifs is 1. The summed E-state index contributed by atoms with van der Waals surface area (Å²) in [7, 11) is 5.54. The summed E-state index contributed by atoms with van der Waals surface area (Å²) < 4.78 is 2.13. The third-order valence-electron chi connectivity index (χ3n) is 3.84. The van der Waals surface area contributed by atoms with Crippen molar-refractivity contribution < 1.29 is 4.79 Å². The minimum Gasteiger partial charge on any atom is -0.345 e. The van der Waals surface area contributed by atoms with Gasteiger partial charge < -0.3 is 9.47 Å². The standard InChI is InChI=1S/C18H17ClN2O/c1-20(2)18(22)13-6-4-12(5-7-13)17-11-14-10-15(19)8-9-16(14)21(17)3/h4-11H,1-3H3. The van der Waals surface area contributed by atoms with Gasteiger partial charge in [-0.1, -0.05) is 23.7 Å². The summed E-state index contributed by atoms with van der Waals surface area (Å²) in [6.07, 6.45) is 0. The topological polar surface area (TPSA) is 25.2 Å². The molecule has 0 atom stereocenters. The molecule has 3 nitrogen and oxygen atoms in total. The average molecular weight is 313 g/mol. The van der Waals surface area contributed by atoms with Crippen LogP contribution in [0.15, 0.2) is 48.5 Å². The number of rotatable bonds is 2. The number of halogens is 1. The van der Waals surface area contributed by atoms with Gasteiger partial charge in [0.15, 0.2) is 0 Å². The maximum absolute atomic E-state index is 11.9. The Morgan fingerprint density at radius 3 is 2.36 bits per heavy atom. The number of hydrogen-bond acceptors (Lipinski definition) is 1. The van der Waals surface area contributed by atoms with Gasteiger partial charge in [-0.2, -0.15) is 0 Å². The number of hydrogen-bond donors (Lipinski definition) is 0. The van der Waals surface area contributed by atoms with Crippen LogP contribution < -0.4 is 0 Å². The zero-order chi connectivity index (χ0) is 15.9. The van der Waals surface area contributed by atoms with E-state index in [4.69, 9.17) is 11.6 Å². The van der Waals surface area contributed by atoms with E-state index in [1.165, 1.54) is 0 Å². The first-order valence-electron chi connectivity index (χ1n) is 7.04. The lowest BCUT2D eigenvalue weighted by Gasteiger charge is -2.11. The summed E-state index contributed by atoms with van der Waals surface area (Å²) in [4.78, 5) is 13.5.